The zero-order valence-corrected chi connectivity index (χ0v) is 15.3. The van der Waals surface area contributed by atoms with Gasteiger partial charge in [0.05, 0.1) is 12.8 Å². The molecular weight excluding hydrogens is 316 g/mol. The summed E-state index contributed by atoms with van der Waals surface area (Å²) in [4.78, 5) is 13.9. The predicted octanol–water partition coefficient (Wildman–Crippen LogP) is 3.30. The number of rotatable bonds is 8. The summed E-state index contributed by atoms with van der Waals surface area (Å²) in [5.41, 5.74) is 5.81. The standard InChI is InChI=1S/C19H26N4O2/c1-5-23(6-2)19-10-9-17(25-19)12-21-22-18(24)13-20-16-8-7-14(3)15(4)11-16/h7-12,20H,5-6,13H2,1-4H3,(H,22,24). The molecule has 0 fully saturated rings. The summed E-state index contributed by atoms with van der Waals surface area (Å²) < 4.78 is 5.67. The van der Waals surface area contributed by atoms with Crippen molar-refractivity contribution in [2.45, 2.75) is 27.7 Å². The molecule has 0 atom stereocenters. The highest BCUT2D eigenvalue weighted by molar-refractivity contribution is 5.83. The van der Waals surface area contributed by atoms with Crippen molar-refractivity contribution in [3.63, 3.8) is 0 Å². The molecule has 6 heteroatoms. The Balaban J connectivity index is 1.81. The number of amides is 1. The van der Waals surface area contributed by atoms with Crippen LogP contribution in [0.3, 0.4) is 0 Å². The molecule has 0 aliphatic heterocycles. The highest BCUT2D eigenvalue weighted by atomic mass is 16.4. The smallest absolute Gasteiger partial charge is 0.259 e. The van der Waals surface area contributed by atoms with Crippen molar-refractivity contribution in [1.29, 1.82) is 0 Å². The minimum atomic E-state index is -0.218. The van der Waals surface area contributed by atoms with E-state index in [9.17, 15) is 4.79 Å². The Morgan fingerprint density at radius 1 is 1.16 bits per heavy atom. The fourth-order valence-electron chi connectivity index (χ4n) is 2.36. The van der Waals surface area contributed by atoms with E-state index in [1.54, 1.807) is 0 Å². The van der Waals surface area contributed by atoms with Gasteiger partial charge in [-0.2, -0.15) is 5.10 Å². The largest absolute Gasteiger partial charge is 0.440 e. The maximum Gasteiger partial charge on any atom is 0.259 e. The van der Waals surface area contributed by atoms with E-state index in [0.29, 0.717) is 5.76 Å². The average Bonchev–Trinajstić information content (AvgIpc) is 3.06. The molecule has 6 nitrogen and oxygen atoms in total. The molecule has 2 aromatic rings. The fourth-order valence-corrected chi connectivity index (χ4v) is 2.36. The number of anilines is 2. The molecule has 0 aliphatic rings. The lowest BCUT2D eigenvalue weighted by atomic mass is 10.1. The summed E-state index contributed by atoms with van der Waals surface area (Å²) >= 11 is 0. The maximum atomic E-state index is 11.8. The first-order valence-electron chi connectivity index (χ1n) is 8.51. The van der Waals surface area contributed by atoms with Gasteiger partial charge < -0.3 is 14.6 Å². The molecule has 1 heterocycles. The van der Waals surface area contributed by atoms with Crippen LogP contribution in [-0.4, -0.2) is 31.8 Å². The molecule has 0 aliphatic carbocycles. The summed E-state index contributed by atoms with van der Waals surface area (Å²) in [5, 5.41) is 7.01. The van der Waals surface area contributed by atoms with Crippen molar-refractivity contribution in [3.8, 4) is 0 Å². The van der Waals surface area contributed by atoms with Gasteiger partial charge in [-0.05, 0) is 57.0 Å². The summed E-state index contributed by atoms with van der Waals surface area (Å²) in [7, 11) is 0. The topological polar surface area (TPSA) is 69.9 Å². The maximum absolute atomic E-state index is 11.8. The molecule has 0 bridgehead atoms. The molecule has 1 aromatic heterocycles. The fraction of sp³-hybridized carbons (Fsp3) is 0.368. The minimum absolute atomic E-state index is 0.155. The van der Waals surface area contributed by atoms with Crippen LogP contribution in [0.1, 0.15) is 30.7 Å². The van der Waals surface area contributed by atoms with Crippen molar-refractivity contribution in [1.82, 2.24) is 5.43 Å². The van der Waals surface area contributed by atoms with Gasteiger partial charge in [0, 0.05) is 24.8 Å². The third-order valence-electron chi connectivity index (χ3n) is 4.03. The molecule has 2 N–H and O–H groups in total. The van der Waals surface area contributed by atoms with E-state index < -0.39 is 0 Å². The van der Waals surface area contributed by atoms with Crippen LogP contribution in [0.25, 0.3) is 0 Å². The van der Waals surface area contributed by atoms with E-state index in [-0.39, 0.29) is 12.5 Å². The Bertz CT molecular complexity index is 733. The molecule has 2 rings (SSSR count). The lowest BCUT2D eigenvalue weighted by Crippen LogP contribution is -2.25. The summed E-state index contributed by atoms with van der Waals surface area (Å²) in [5.74, 6) is 1.18. The molecule has 0 spiro atoms. The molecule has 1 aromatic carbocycles. The predicted molar refractivity (Wildman–Crippen MR) is 102 cm³/mol. The zero-order valence-electron chi connectivity index (χ0n) is 15.3. The number of nitrogens with one attached hydrogen (secondary N) is 2. The van der Waals surface area contributed by atoms with Gasteiger partial charge in [0.15, 0.2) is 5.88 Å². The number of carbonyl (C=O) groups is 1. The van der Waals surface area contributed by atoms with Crippen LogP contribution in [0, 0.1) is 13.8 Å². The van der Waals surface area contributed by atoms with Gasteiger partial charge in [-0.25, -0.2) is 5.43 Å². The number of hydrogen-bond acceptors (Lipinski definition) is 5. The minimum Gasteiger partial charge on any atom is -0.440 e. The Hall–Kier alpha value is -2.76. The van der Waals surface area contributed by atoms with Crippen LogP contribution in [0.2, 0.25) is 0 Å². The summed E-state index contributed by atoms with van der Waals surface area (Å²) in [6.07, 6.45) is 1.50. The molecule has 1 amide bonds. The summed E-state index contributed by atoms with van der Waals surface area (Å²) in [6, 6.07) is 9.73. The number of nitrogens with zero attached hydrogens (tertiary/aromatic N) is 2. The highest BCUT2D eigenvalue weighted by Gasteiger charge is 2.06. The van der Waals surface area contributed by atoms with Crippen LogP contribution in [-0.2, 0) is 4.79 Å². The van der Waals surface area contributed by atoms with Gasteiger partial charge in [-0.15, -0.1) is 0 Å². The van der Waals surface area contributed by atoms with Crippen molar-refractivity contribution < 1.29 is 9.21 Å². The third-order valence-corrected chi connectivity index (χ3v) is 4.03. The molecule has 134 valence electrons. The number of hydrogen-bond donors (Lipinski definition) is 2. The van der Waals surface area contributed by atoms with E-state index in [4.69, 9.17) is 4.42 Å². The van der Waals surface area contributed by atoms with Crippen LogP contribution >= 0.6 is 0 Å². The van der Waals surface area contributed by atoms with E-state index in [1.807, 2.05) is 37.3 Å². The van der Waals surface area contributed by atoms with Crippen LogP contribution < -0.4 is 15.6 Å². The van der Waals surface area contributed by atoms with Gasteiger partial charge in [0.2, 0.25) is 0 Å². The molecule has 0 radical (unpaired) electrons. The molecule has 0 saturated heterocycles. The molecule has 0 saturated carbocycles. The monoisotopic (exact) mass is 342 g/mol. The van der Waals surface area contributed by atoms with Gasteiger partial charge in [-0.1, -0.05) is 6.07 Å². The van der Waals surface area contributed by atoms with E-state index in [2.05, 4.69) is 41.5 Å². The Kier molecular flexibility index (Phi) is 6.62. The number of hydrazone groups is 1. The van der Waals surface area contributed by atoms with Crippen LogP contribution in [0.4, 0.5) is 11.6 Å². The highest BCUT2D eigenvalue weighted by Crippen LogP contribution is 2.17. The van der Waals surface area contributed by atoms with Crippen LogP contribution in [0.15, 0.2) is 39.9 Å². The Morgan fingerprint density at radius 2 is 1.92 bits per heavy atom. The normalized spacial score (nSPS) is 10.9. The molecule has 0 unspecified atom stereocenters. The first-order chi connectivity index (χ1) is 12.0. The number of carbonyl (C=O) groups excluding carboxylic acids is 1. The van der Waals surface area contributed by atoms with Gasteiger partial charge >= 0.3 is 0 Å². The average molecular weight is 342 g/mol. The van der Waals surface area contributed by atoms with Crippen LogP contribution in [0.5, 0.6) is 0 Å². The lowest BCUT2D eigenvalue weighted by molar-refractivity contribution is -0.119. The molecule has 25 heavy (non-hydrogen) atoms. The SMILES string of the molecule is CCN(CC)c1ccc(C=NNC(=O)CNc2ccc(C)c(C)c2)o1. The molecular formula is C19H26N4O2. The van der Waals surface area contributed by atoms with Gasteiger partial charge in [0.25, 0.3) is 5.91 Å². The Labute approximate surface area is 148 Å². The summed E-state index contributed by atoms with van der Waals surface area (Å²) in [6.45, 7) is 10.2. The third kappa shape index (κ3) is 5.38. The first kappa shape index (κ1) is 18.6. The van der Waals surface area contributed by atoms with E-state index in [1.165, 1.54) is 17.3 Å². The second-order valence-electron chi connectivity index (χ2n) is 5.79. The van der Waals surface area contributed by atoms with Crippen molar-refractivity contribution >= 4 is 23.7 Å². The lowest BCUT2D eigenvalue weighted by Gasteiger charge is -2.16. The number of aryl methyl sites for hydroxylation is 2. The second kappa shape index (κ2) is 8.92. The quantitative estimate of drug-likeness (QED) is 0.570. The van der Waals surface area contributed by atoms with E-state index in [0.717, 1.165) is 24.7 Å². The van der Waals surface area contributed by atoms with E-state index >= 15 is 0 Å². The van der Waals surface area contributed by atoms with Crippen molar-refractivity contribution in [2.75, 3.05) is 29.9 Å². The van der Waals surface area contributed by atoms with Crippen molar-refractivity contribution in [3.05, 3.63) is 47.2 Å². The second-order valence-corrected chi connectivity index (χ2v) is 5.79. The number of furan rings is 1. The number of benzene rings is 1. The van der Waals surface area contributed by atoms with Gasteiger partial charge in [0.1, 0.15) is 5.76 Å². The Morgan fingerprint density at radius 3 is 2.60 bits per heavy atom. The van der Waals surface area contributed by atoms with Crippen molar-refractivity contribution in [2.24, 2.45) is 5.10 Å². The van der Waals surface area contributed by atoms with Gasteiger partial charge in [-0.3, -0.25) is 4.79 Å². The first-order valence-corrected chi connectivity index (χ1v) is 8.51. The zero-order chi connectivity index (χ0) is 18.2.